The second kappa shape index (κ2) is 7.55. The van der Waals surface area contributed by atoms with Gasteiger partial charge in [-0.15, -0.1) is 22.5 Å². The molecule has 2 heterocycles. The number of hydrogen-bond acceptors (Lipinski definition) is 6. The van der Waals surface area contributed by atoms with Crippen molar-refractivity contribution in [2.24, 2.45) is 0 Å². The average Bonchev–Trinajstić information content (AvgIpc) is 3.14. The summed E-state index contributed by atoms with van der Waals surface area (Å²) in [5, 5.41) is 19.1. The summed E-state index contributed by atoms with van der Waals surface area (Å²) in [6.45, 7) is 0.223. The molecule has 2 unspecified atom stereocenters. The lowest BCUT2D eigenvalue weighted by molar-refractivity contribution is 0.183. The lowest BCUT2D eigenvalue weighted by Gasteiger charge is -2.15. The molecule has 1 fully saturated rings. The number of amides is 2. The highest BCUT2D eigenvalue weighted by Crippen LogP contribution is 2.32. The highest BCUT2D eigenvalue weighted by molar-refractivity contribution is 14.1. The maximum Gasteiger partial charge on any atom is 0.328 e. The fraction of sp³-hybridized carbons (Fsp3) is 0.312. The van der Waals surface area contributed by atoms with Crippen molar-refractivity contribution < 1.29 is 14.6 Å². The molecule has 9 heteroatoms. The Balaban J connectivity index is 1.81. The summed E-state index contributed by atoms with van der Waals surface area (Å²) in [6.07, 6.45) is 4.35. The smallest absolute Gasteiger partial charge is 0.328 e. The number of urea groups is 1. The zero-order chi connectivity index (χ0) is 18.0. The van der Waals surface area contributed by atoms with Crippen LogP contribution in [0.5, 0.6) is 5.75 Å². The van der Waals surface area contributed by atoms with E-state index < -0.39 is 12.3 Å². The number of aliphatic hydroxyl groups excluding tert-OH is 1. The predicted molar refractivity (Wildman–Crippen MR) is 102 cm³/mol. The lowest BCUT2D eigenvalue weighted by atomic mass is 10.2. The third kappa shape index (κ3) is 3.86. The summed E-state index contributed by atoms with van der Waals surface area (Å²) in [4.78, 5) is 14.8. The van der Waals surface area contributed by atoms with E-state index in [1.807, 2.05) is 24.3 Å². The molecule has 3 rings (SSSR count). The molecule has 1 aromatic carbocycles. The summed E-state index contributed by atoms with van der Waals surface area (Å²) in [5.41, 5.74) is 0. The minimum absolute atomic E-state index is 0.223. The van der Waals surface area contributed by atoms with Gasteiger partial charge in [0.15, 0.2) is 17.3 Å². The summed E-state index contributed by atoms with van der Waals surface area (Å²) >= 11 is 3.40. The number of aromatic nitrogens is 2. The second-order valence-electron chi connectivity index (χ2n) is 5.41. The minimum atomic E-state index is -0.943. The number of rotatable bonds is 5. The molecule has 130 valence electrons. The number of carbonyl (C=O) groups is 1. The molecular formula is C16H15IN4O3S. The topological polar surface area (TPSA) is 78.8 Å². The Morgan fingerprint density at radius 3 is 2.80 bits per heavy atom. The van der Waals surface area contributed by atoms with Gasteiger partial charge in [-0.25, -0.2) is 9.69 Å². The Labute approximate surface area is 162 Å². The van der Waals surface area contributed by atoms with Gasteiger partial charge >= 0.3 is 6.03 Å². The van der Waals surface area contributed by atoms with Crippen LogP contribution in [-0.2, 0) is 0 Å². The molecule has 0 bridgehead atoms. The van der Waals surface area contributed by atoms with E-state index in [9.17, 15) is 9.90 Å². The number of aliphatic hydroxyl groups is 1. The number of hydrogen-bond donors (Lipinski definition) is 1. The highest BCUT2D eigenvalue weighted by Gasteiger charge is 2.37. The van der Waals surface area contributed by atoms with Gasteiger partial charge in [-0.05, 0) is 46.9 Å². The largest absolute Gasteiger partial charge is 0.482 e. The predicted octanol–water partition coefficient (Wildman–Crippen LogP) is 2.48. The molecule has 0 spiro atoms. The Kier molecular flexibility index (Phi) is 5.41. The highest BCUT2D eigenvalue weighted by atomic mass is 127. The van der Waals surface area contributed by atoms with Crippen molar-refractivity contribution in [1.82, 2.24) is 15.1 Å². The van der Waals surface area contributed by atoms with E-state index in [4.69, 9.17) is 11.2 Å². The van der Waals surface area contributed by atoms with Gasteiger partial charge in [0.2, 0.25) is 5.13 Å². The van der Waals surface area contributed by atoms with Crippen molar-refractivity contribution in [1.29, 1.82) is 0 Å². The molecule has 2 amide bonds. The van der Waals surface area contributed by atoms with Gasteiger partial charge in [0.05, 0.1) is 13.0 Å². The maximum atomic E-state index is 12.1. The first-order valence-corrected chi connectivity index (χ1v) is 9.30. The summed E-state index contributed by atoms with van der Waals surface area (Å²) < 4.78 is 7.03. The normalized spacial score (nSPS) is 18.3. The van der Waals surface area contributed by atoms with Crippen molar-refractivity contribution >= 4 is 45.1 Å². The first-order valence-electron chi connectivity index (χ1n) is 7.41. The Morgan fingerprint density at radius 2 is 2.20 bits per heavy atom. The van der Waals surface area contributed by atoms with Crippen molar-refractivity contribution in [3.8, 4) is 18.1 Å². The van der Waals surface area contributed by atoms with Crippen LogP contribution in [0.1, 0.15) is 17.5 Å². The van der Waals surface area contributed by atoms with E-state index in [1.165, 1.54) is 21.1 Å². The third-order valence-electron chi connectivity index (χ3n) is 3.57. The Hall–Kier alpha value is -1.90. The van der Waals surface area contributed by atoms with Gasteiger partial charge < -0.3 is 14.7 Å². The van der Waals surface area contributed by atoms with Crippen LogP contribution in [0.2, 0.25) is 0 Å². The molecule has 1 saturated heterocycles. The van der Waals surface area contributed by atoms with E-state index in [-0.39, 0.29) is 12.6 Å². The molecule has 2 atom stereocenters. The Morgan fingerprint density at radius 1 is 1.48 bits per heavy atom. The number of nitrogens with zero attached hydrogens (tertiary/aromatic N) is 4. The fourth-order valence-corrected chi connectivity index (χ4v) is 3.61. The molecule has 0 radical (unpaired) electrons. The molecular weight excluding hydrogens is 455 g/mol. The summed E-state index contributed by atoms with van der Waals surface area (Å²) in [7, 11) is 1.62. The minimum Gasteiger partial charge on any atom is -0.482 e. The van der Waals surface area contributed by atoms with Crippen molar-refractivity contribution in [2.45, 2.75) is 18.8 Å². The number of β-amino-alcohol motifs (C(OH)–C–C–N with tert-alkyl or cyclic N) is 1. The number of ether oxygens (including phenoxy) is 1. The number of benzene rings is 1. The second-order valence-corrected chi connectivity index (χ2v) is 7.64. The number of carbonyl (C=O) groups excluding carboxylic acids is 1. The zero-order valence-electron chi connectivity index (χ0n) is 13.3. The number of anilines is 1. The number of halogens is 1. The van der Waals surface area contributed by atoms with Crippen LogP contribution in [0.3, 0.4) is 0 Å². The van der Waals surface area contributed by atoms with Gasteiger partial charge in [-0.1, -0.05) is 11.3 Å². The van der Waals surface area contributed by atoms with Gasteiger partial charge in [-0.2, -0.15) is 0 Å². The van der Waals surface area contributed by atoms with Crippen LogP contribution < -0.4 is 9.64 Å². The molecule has 1 aromatic heterocycles. The van der Waals surface area contributed by atoms with Gasteiger partial charge in [0, 0.05) is 10.6 Å². The zero-order valence-corrected chi connectivity index (χ0v) is 16.3. The lowest BCUT2D eigenvalue weighted by Crippen LogP contribution is -2.34. The van der Waals surface area contributed by atoms with Crippen molar-refractivity contribution in [2.75, 3.05) is 18.5 Å². The van der Waals surface area contributed by atoms with Gasteiger partial charge in [0.1, 0.15) is 5.75 Å². The third-order valence-corrected chi connectivity index (χ3v) is 5.31. The fourth-order valence-electron chi connectivity index (χ4n) is 2.34. The first kappa shape index (κ1) is 17.9. The van der Waals surface area contributed by atoms with E-state index >= 15 is 0 Å². The van der Waals surface area contributed by atoms with Crippen molar-refractivity contribution in [3.05, 3.63) is 32.8 Å². The average molecular weight is 470 g/mol. The van der Waals surface area contributed by atoms with Gasteiger partial charge in [0.25, 0.3) is 0 Å². The summed E-state index contributed by atoms with van der Waals surface area (Å²) in [5.74, 6) is 3.25. The van der Waals surface area contributed by atoms with E-state index in [0.717, 1.165) is 3.57 Å². The maximum absolute atomic E-state index is 12.1. The van der Waals surface area contributed by atoms with Crippen LogP contribution in [0.15, 0.2) is 24.3 Å². The molecule has 2 aromatic rings. The van der Waals surface area contributed by atoms with Crippen LogP contribution in [-0.4, -0.2) is 46.1 Å². The monoisotopic (exact) mass is 470 g/mol. The van der Waals surface area contributed by atoms with Crippen molar-refractivity contribution in [3.63, 3.8) is 0 Å². The Bertz CT molecular complexity index is 804. The van der Waals surface area contributed by atoms with Crippen LogP contribution >= 0.6 is 33.9 Å². The quantitative estimate of drug-likeness (QED) is 0.537. The number of likely N-dealkylation sites (N-methyl/N-ethyl adjacent to an activating group) is 1. The molecule has 1 aliphatic rings. The van der Waals surface area contributed by atoms with E-state index in [2.05, 4.69) is 38.7 Å². The first-order chi connectivity index (χ1) is 12.0. The molecule has 0 aliphatic carbocycles. The van der Waals surface area contributed by atoms with Crippen LogP contribution in [0.4, 0.5) is 9.93 Å². The molecule has 1 aliphatic heterocycles. The molecule has 1 N–H and O–H groups in total. The van der Waals surface area contributed by atoms with Crippen LogP contribution in [0, 0.1) is 15.9 Å². The SMILES string of the molecule is C#CCC(Oc1ccc(I)cc1)c1nnc(N2C(=O)N(C)CC2O)s1. The van der Waals surface area contributed by atoms with Gasteiger partial charge in [-0.3, -0.25) is 0 Å². The van der Waals surface area contributed by atoms with Crippen LogP contribution in [0.25, 0.3) is 0 Å². The summed E-state index contributed by atoms with van der Waals surface area (Å²) in [6, 6.07) is 7.26. The molecule has 25 heavy (non-hydrogen) atoms. The van der Waals surface area contributed by atoms with E-state index in [0.29, 0.717) is 22.3 Å². The van der Waals surface area contributed by atoms with E-state index in [1.54, 1.807) is 7.05 Å². The standard InChI is InChI=1S/C16H15IN4O3S/c1-3-4-12(24-11-7-5-10(17)6-8-11)14-18-19-15(25-14)21-13(22)9-20(2)16(21)23/h1,5-8,12-13,22H,4,9H2,2H3. The number of terminal acetylenes is 1. The molecule has 7 nitrogen and oxygen atoms in total. The molecule has 0 saturated carbocycles.